The maximum Gasteiger partial charge on any atom is 0.410 e. The second kappa shape index (κ2) is 14.4. The molecule has 4 aliphatic rings. The molecule has 1 amide bonds. The molecular formula is C41H47N7O3. The van der Waals surface area contributed by atoms with E-state index in [-0.39, 0.29) is 30.7 Å². The van der Waals surface area contributed by atoms with Gasteiger partial charge in [0.1, 0.15) is 19.0 Å². The van der Waals surface area contributed by atoms with Gasteiger partial charge in [-0.2, -0.15) is 15.2 Å². The number of nitrogens with zero attached hydrogens (tertiary/aromatic N) is 7. The third kappa shape index (κ3) is 6.79. The maximum absolute atomic E-state index is 13.3. The van der Waals surface area contributed by atoms with Gasteiger partial charge in [-0.15, -0.1) is 0 Å². The molecule has 1 saturated carbocycles. The zero-order valence-electron chi connectivity index (χ0n) is 29.6. The van der Waals surface area contributed by atoms with Gasteiger partial charge in [0.15, 0.2) is 0 Å². The Labute approximate surface area is 300 Å². The van der Waals surface area contributed by atoms with E-state index in [0.717, 1.165) is 68.0 Å². The van der Waals surface area contributed by atoms with Crippen molar-refractivity contribution in [2.24, 2.45) is 0 Å². The van der Waals surface area contributed by atoms with Gasteiger partial charge in [0, 0.05) is 42.8 Å². The molecule has 10 heteroatoms. The molecular weight excluding hydrogens is 638 g/mol. The van der Waals surface area contributed by atoms with Crippen molar-refractivity contribution in [2.45, 2.75) is 76.6 Å². The lowest BCUT2D eigenvalue weighted by Crippen LogP contribution is -2.55. The number of amides is 1. The molecule has 1 aromatic heterocycles. The van der Waals surface area contributed by atoms with Crippen LogP contribution in [0.2, 0.25) is 0 Å². The predicted octanol–water partition coefficient (Wildman–Crippen LogP) is 6.50. The van der Waals surface area contributed by atoms with E-state index in [9.17, 15) is 10.1 Å². The second-order valence-electron chi connectivity index (χ2n) is 14.5. The molecule has 51 heavy (non-hydrogen) atoms. The van der Waals surface area contributed by atoms with E-state index in [1.54, 1.807) is 4.90 Å². The van der Waals surface area contributed by atoms with Crippen LogP contribution < -0.4 is 14.5 Å². The Bertz CT molecular complexity index is 1910. The van der Waals surface area contributed by atoms with Crippen LogP contribution in [0, 0.1) is 11.3 Å². The quantitative estimate of drug-likeness (QED) is 0.185. The third-order valence-corrected chi connectivity index (χ3v) is 11.3. The zero-order chi connectivity index (χ0) is 34.8. The van der Waals surface area contributed by atoms with Crippen LogP contribution in [0.3, 0.4) is 0 Å². The molecule has 2 saturated heterocycles. The first-order valence-corrected chi connectivity index (χ1v) is 18.7. The smallest absolute Gasteiger partial charge is 0.410 e. The fourth-order valence-electron chi connectivity index (χ4n) is 8.33. The number of hydrogen-bond acceptors (Lipinski definition) is 9. The van der Waals surface area contributed by atoms with Crippen molar-refractivity contribution in [2.75, 3.05) is 55.7 Å². The summed E-state index contributed by atoms with van der Waals surface area (Å²) in [6.07, 6.45) is 6.38. The summed E-state index contributed by atoms with van der Waals surface area (Å²) in [5.41, 5.74) is 5.74. The Morgan fingerprint density at radius 2 is 1.75 bits per heavy atom. The van der Waals surface area contributed by atoms with Gasteiger partial charge in [0.05, 0.1) is 36.3 Å². The number of ether oxygens (including phenoxy) is 2. The molecule has 3 fully saturated rings. The minimum Gasteiger partial charge on any atom is -0.461 e. The standard InChI is InChI=1S/C41H47N7O3/c1-2-31-12-8-13-32-14-9-15-36(37(31)32)45-23-17-34-35(27-45)43-39(51-29-41(18-19-41)47-21-6-7-22-47)44-38(34)46-24-25-48(33(26-46)16-20-42)40(49)50-28-30-10-4-3-5-11-30/h3-5,8-15,33H,2,6-7,16-19,21-29H2,1H3/t33-/m0/s1. The SMILES string of the molecule is CCc1cccc2cccc(N3CCc4c(nc(OCC5(N6CCCC6)CC5)nc4N4CCN(C(=O)OCc5ccccc5)[C@@H](CC#N)C4)C3)c12. The highest BCUT2D eigenvalue weighted by molar-refractivity contribution is 5.97. The minimum absolute atomic E-state index is 0.102. The van der Waals surface area contributed by atoms with Crippen molar-refractivity contribution >= 4 is 28.4 Å². The molecule has 0 spiro atoms. The largest absolute Gasteiger partial charge is 0.461 e. The van der Waals surface area contributed by atoms with Crippen LogP contribution in [0.5, 0.6) is 6.01 Å². The lowest BCUT2D eigenvalue weighted by molar-refractivity contribution is 0.0767. The van der Waals surface area contributed by atoms with Gasteiger partial charge in [-0.05, 0) is 74.2 Å². The predicted molar refractivity (Wildman–Crippen MR) is 198 cm³/mol. The first kappa shape index (κ1) is 33.3. The molecule has 3 aliphatic heterocycles. The van der Waals surface area contributed by atoms with Crippen LogP contribution in [0.1, 0.15) is 61.4 Å². The number of aryl methyl sites for hydroxylation is 1. The molecule has 0 bridgehead atoms. The van der Waals surface area contributed by atoms with Gasteiger partial charge in [0.25, 0.3) is 0 Å². The summed E-state index contributed by atoms with van der Waals surface area (Å²) >= 11 is 0. The van der Waals surface area contributed by atoms with Gasteiger partial charge in [-0.1, -0.05) is 67.6 Å². The Morgan fingerprint density at radius 1 is 0.941 bits per heavy atom. The Kier molecular flexibility index (Phi) is 9.39. The van der Waals surface area contributed by atoms with E-state index in [1.165, 1.54) is 34.9 Å². The van der Waals surface area contributed by atoms with Crippen LogP contribution in [-0.4, -0.2) is 83.3 Å². The molecule has 0 N–H and O–H groups in total. The van der Waals surface area contributed by atoms with Crippen molar-refractivity contribution in [3.63, 3.8) is 0 Å². The number of benzene rings is 3. The van der Waals surface area contributed by atoms with E-state index >= 15 is 0 Å². The highest BCUT2D eigenvalue weighted by Crippen LogP contribution is 2.44. The summed E-state index contributed by atoms with van der Waals surface area (Å²) in [4.78, 5) is 32.6. The fraction of sp³-hybridized carbons (Fsp3) is 0.463. The Balaban J connectivity index is 1.08. The van der Waals surface area contributed by atoms with Crippen LogP contribution in [0.25, 0.3) is 10.8 Å². The molecule has 4 aromatic rings. The number of likely N-dealkylation sites (tertiary alicyclic amines) is 1. The van der Waals surface area contributed by atoms with Crippen molar-refractivity contribution in [3.05, 3.63) is 89.1 Å². The van der Waals surface area contributed by atoms with E-state index in [4.69, 9.17) is 19.4 Å². The van der Waals surface area contributed by atoms with Crippen molar-refractivity contribution < 1.29 is 14.3 Å². The lowest BCUT2D eigenvalue weighted by atomic mass is 9.98. The summed E-state index contributed by atoms with van der Waals surface area (Å²) in [6.45, 7) is 8.29. The summed E-state index contributed by atoms with van der Waals surface area (Å²) < 4.78 is 12.3. The second-order valence-corrected chi connectivity index (χ2v) is 14.5. The first-order valence-electron chi connectivity index (χ1n) is 18.7. The zero-order valence-corrected chi connectivity index (χ0v) is 29.6. The normalized spacial score (nSPS) is 19.8. The van der Waals surface area contributed by atoms with Gasteiger partial charge in [-0.3, -0.25) is 4.90 Å². The number of carbonyl (C=O) groups is 1. The highest BCUT2D eigenvalue weighted by Gasteiger charge is 2.49. The van der Waals surface area contributed by atoms with E-state index in [0.29, 0.717) is 38.8 Å². The molecule has 8 rings (SSSR count). The van der Waals surface area contributed by atoms with Crippen molar-refractivity contribution in [1.29, 1.82) is 5.26 Å². The minimum atomic E-state index is -0.388. The molecule has 0 unspecified atom stereocenters. The third-order valence-electron chi connectivity index (χ3n) is 11.3. The van der Waals surface area contributed by atoms with E-state index in [2.05, 4.69) is 64.1 Å². The van der Waals surface area contributed by atoms with Crippen molar-refractivity contribution in [1.82, 2.24) is 19.8 Å². The lowest BCUT2D eigenvalue weighted by Gasteiger charge is -2.42. The average Bonchev–Trinajstić information content (AvgIpc) is 3.76. The van der Waals surface area contributed by atoms with Gasteiger partial charge in [0.2, 0.25) is 0 Å². The number of aromatic nitrogens is 2. The van der Waals surface area contributed by atoms with E-state index in [1.807, 2.05) is 30.3 Å². The summed E-state index contributed by atoms with van der Waals surface area (Å²) in [5, 5.41) is 12.4. The molecule has 1 atom stereocenters. The van der Waals surface area contributed by atoms with Gasteiger partial charge < -0.3 is 24.2 Å². The molecule has 3 aromatic carbocycles. The molecule has 4 heterocycles. The number of fused-ring (bicyclic) bond motifs is 2. The van der Waals surface area contributed by atoms with Gasteiger partial charge >= 0.3 is 12.1 Å². The van der Waals surface area contributed by atoms with Crippen LogP contribution >= 0.6 is 0 Å². The summed E-state index contributed by atoms with van der Waals surface area (Å²) in [5.74, 6) is 0.869. The monoisotopic (exact) mass is 685 g/mol. The van der Waals surface area contributed by atoms with Gasteiger partial charge in [-0.25, -0.2) is 4.79 Å². The van der Waals surface area contributed by atoms with Crippen LogP contribution in [0.4, 0.5) is 16.3 Å². The highest BCUT2D eigenvalue weighted by atomic mass is 16.6. The molecule has 10 nitrogen and oxygen atoms in total. The number of piperazine rings is 1. The summed E-state index contributed by atoms with van der Waals surface area (Å²) in [6, 6.07) is 25.3. The maximum atomic E-state index is 13.3. The number of nitriles is 1. The van der Waals surface area contributed by atoms with Crippen LogP contribution in [0.15, 0.2) is 66.7 Å². The molecule has 0 radical (unpaired) electrons. The molecule has 264 valence electrons. The Morgan fingerprint density at radius 3 is 2.51 bits per heavy atom. The number of rotatable bonds is 10. The molecule has 1 aliphatic carbocycles. The van der Waals surface area contributed by atoms with Crippen molar-refractivity contribution in [3.8, 4) is 12.1 Å². The van der Waals surface area contributed by atoms with Crippen LogP contribution in [-0.2, 0) is 30.7 Å². The number of hydrogen-bond donors (Lipinski definition) is 0. The van der Waals surface area contributed by atoms with E-state index < -0.39 is 0 Å². The average molecular weight is 686 g/mol. The summed E-state index contributed by atoms with van der Waals surface area (Å²) in [7, 11) is 0. The Hall–Kier alpha value is -4.88. The number of carbonyl (C=O) groups excluding carboxylic acids is 1. The topological polar surface area (TPSA) is 98.1 Å². The number of anilines is 2. The first-order chi connectivity index (χ1) is 25.0. The fourth-order valence-corrected chi connectivity index (χ4v) is 8.33.